The van der Waals surface area contributed by atoms with Crippen molar-refractivity contribution in [3.63, 3.8) is 0 Å². The van der Waals surface area contributed by atoms with Crippen LogP contribution in [0.3, 0.4) is 0 Å². The van der Waals surface area contributed by atoms with Gasteiger partial charge in [0.2, 0.25) is 0 Å². The first-order valence-electron chi connectivity index (χ1n) is 8.59. The van der Waals surface area contributed by atoms with Crippen LogP contribution < -0.4 is 5.32 Å². The van der Waals surface area contributed by atoms with Crippen molar-refractivity contribution in [2.24, 2.45) is 0 Å². The summed E-state index contributed by atoms with van der Waals surface area (Å²) in [6.07, 6.45) is 1.49. The molecule has 4 rings (SSSR count). The highest BCUT2D eigenvalue weighted by Gasteiger charge is 2.26. The van der Waals surface area contributed by atoms with Crippen LogP contribution in [0.5, 0.6) is 0 Å². The van der Waals surface area contributed by atoms with E-state index in [2.05, 4.69) is 5.32 Å². The first-order valence-corrected chi connectivity index (χ1v) is 8.59. The number of piperazine rings is 1. The zero-order valence-corrected chi connectivity index (χ0v) is 14.2. The van der Waals surface area contributed by atoms with Crippen LogP contribution in [-0.2, 0) is 0 Å². The van der Waals surface area contributed by atoms with E-state index in [4.69, 9.17) is 4.42 Å². The van der Waals surface area contributed by atoms with Crippen LogP contribution in [0.4, 0.5) is 10.5 Å². The quantitative estimate of drug-likeness (QED) is 0.771. The number of urea groups is 1. The summed E-state index contributed by atoms with van der Waals surface area (Å²) in [6, 6.07) is 17.0. The lowest BCUT2D eigenvalue weighted by molar-refractivity contribution is 0.0640. The van der Waals surface area contributed by atoms with E-state index in [1.54, 1.807) is 21.9 Å². The maximum absolute atomic E-state index is 12.6. The zero-order valence-electron chi connectivity index (χ0n) is 14.2. The fourth-order valence-electron chi connectivity index (χ4n) is 3.20. The summed E-state index contributed by atoms with van der Waals surface area (Å²) in [4.78, 5) is 28.3. The molecule has 0 radical (unpaired) electrons. The fraction of sp³-hybridized carbons (Fsp3) is 0.200. The Morgan fingerprint density at radius 1 is 0.846 bits per heavy atom. The number of anilines is 1. The van der Waals surface area contributed by atoms with Gasteiger partial charge in [-0.05, 0) is 23.6 Å². The van der Waals surface area contributed by atoms with Gasteiger partial charge in [-0.25, -0.2) is 4.79 Å². The van der Waals surface area contributed by atoms with E-state index in [-0.39, 0.29) is 11.9 Å². The number of nitrogens with one attached hydrogen (secondary N) is 1. The zero-order chi connectivity index (χ0) is 17.9. The van der Waals surface area contributed by atoms with Gasteiger partial charge >= 0.3 is 6.03 Å². The van der Waals surface area contributed by atoms with E-state index in [1.807, 2.05) is 42.5 Å². The number of fused-ring (bicyclic) bond motifs is 1. The molecule has 0 atom stereocenters. The number of hydrogen-bond donors (Lipinski definition) is 1. The molecule has 1 aromatic heterocycles. The summed E-state index contributed by atoms with van der Waals surface area (Å²) < 4.78 is 5.16. The number of furan rings is 1. The predicted molar refractivity (Wildman–Crippen MR) is 99.2 cm³/mol. The molecule has 1 saturated heterocycles. The van der Waals surface area contributed by atoms with Crippen molar-refractivity contribution < 1.29 is 14.0 Å². The van der Waals surface area contributed by atoms with Crippen molar-refractivity contribution in [1.82, 2.24) is 9.80 Å². The van der Waals surface area contributed by atoms with Crippen LogP contribution in [0, 0.1) is 0 Å². The van der Waals surface area contributed by atoms with Crippen molar-refractivity contribution in [2.75, 3.05) is 31.5 Å². The van der Waals surface area contributed by atoms with Gasteiger partial charge in [-0.2, -0.15) is 0 Å². The minimum Gasteiger partial charge on any atom is -0.459 e. The van der Waals surface area contributed by atoms with Gasteiger partial charge in [-0.15, -0.1) is 0 Å². The summed E-state index contributed by atoms with van der Waals surface area (Å²) in [7, 11) is 0. The number of carbonyl (C=O) groups is 2. The lowest BCUT2D eigenvalue weighted by Crippen LogP contribution is -2.51. The predicted octanol–water partition coefficient (Wildman–Crippen LogP) is 3.42. The minimum absolute atomic E-state index is 0.135. The highest BCUT2D eigenvalue weighted by Crippen LogP contribution is 2.23. The van der Waals surface area contributed by atoms with E-state index in [0.717, 1.165) is 16.5 Å². The topological polar surface area (TPSA) is 65.8 Å². The van der Waals surface area contributed by atoms with Gasteiger partial charge < -0.3 is 19.5 Å². The summed E-state index contributed by atoms with van der Waals surface area (Å²) >= 11 is 0. The number of carbonyl (C=O) groups excluding carboxylic acids is 2. The molecule has 1 aliphatic rings. The highest BCUT2D eigenvalue weighted by atomic mass is 16.3. The molecule has 0 unspecified atom stereocenters. The molecule has 1 fully saturated rings. The largest absolute Gasteiger partial charge is 0.459 e. The molecule has 0 spiro atoms. The van der Waals surface area contributed by atoms with Crippen molar-refractivity contribution in [2.45, 2.75) is 0 Å². The Bertz CT molecular complexity index is 923. The molecular formula is C20H19N3O3. The summed E-state index contributed by atoms with van der Waals surface area (Å²) in [5.74, 6) is 0.197. The Morgan fingerprint density at radius 3 is 2.35 bits per heavy atom. The second-order valence-corrected chi connectivity index (χ2v) is 6.21. The molecule has 2 heterocycles. The van der Waals surface area contributed by atoms with E-state index in [1.165, 1.54) is 6.26 Å². The smallest absolute Gasteiger partial charge is 0.321 e. The molecule has 1 aliphatic heterocycles. The van der Waals surface area contributed by atoms with Gasteiger partial charge in [-0.3, -0.25) is 4.79 Å². The molecule has 1 N–H and O–H groups in total. The third kappa shape index (κ3) is 3.13. The van der Waals surface area contributed by atoms with E-state index >= 15 is 0 Å². The Balaban J connectivity index is 1.40. The normalized spacial score (nSPS) is 14.5. The third-order valence-electron chi connectivity index (χ3n) is 4.62. The number of hydrogen-bond acceptors (Lipinski definition) is 3. The second-order valence-electron chi connectivity index (χ2n) is 6.21. The minimum atomic E-state index is -0.147. The molecule has 6 heteroatoms. The second kappa shape index (κ2) is 6.92. The molecule has 6 nitrogen and oxygen atoms in total. The molecule has 2 aromatic carbocycles. The first kappa shape index (κ1) is 16.2. The summed E-state index contributed by atoms with van der Waals surface area (Å²) in [5.41, 5.74) is 0.794. The Labute approximate surface area is 151 Å². The van der Waals surface area contributed by atoms with Gasteiger partial charge in [0, 0.05) is 31.6 Å². The molecule has 3 amide bonds. The SMILES string of the molecule is O=C(Nc1cccc2ccccc12)N1CCN(C(=O)c2ccco2)CC1. The average Bonchev–Trinajstić information content (AvgIpc) is 3.23. The van der Waals surface area contributed by atoms with Crippen LogP contribution >= 0.6 is 0 Å². The average molecular weight is 349 g/mol. The van der Waals surface area contributed by atoms with Crippen LogP contribution in [-0.4, -0.2) is 47.9 Å². The van der Waals surface area contributed by atoms with Crippen molar-refractivity contribution in [3.05, 3.63) is 66.6 Å². The molecular weight excluding hydrogens is 330 g/mol. The van der Waals surface area contributed by atoms with Crippen LogP contribution in [0.25, 0.3) is 10.8 Å². The number of benzene rings is 2. The number of amides is 3. The fourth-order valence-corrected chi connectivity index (χ4v) is 3.20. The monoisotopic (exact) mass is 349 g/mol. The van der Waals surface area contributed by atoms with E-state index < -0.39 is 0 Å². The van der Waals surface area contributed by atoms with Gasteiger partial charge in [-0.1, -0.05) is 36.4 Å². The maximum Gasteiger partial charge on any atom is 0.321 e. The summed E-state index contributed by atoms with van der Waals surface area (Å²) in [6.45, 7) is 1.96. The van der Waals surface area contributed by atoms with Gasteiger partial charge in [0.1, 0.15) is 0 Å². The number of rotatable bonds is 2. The summed E-state index contributed by atoms with van der Waals surface area (Å²) in [5, 5.41) is 5.08. The van der Waals surface area contributed by atoms with Crippen LogP contribution in [0.15, 0.2) is 65.3 Å². The Kier molecular flexibility index (Phi) is 4.31. The maximum atomic E-state index is 12.6. The Morgan fingerprint density at radius 2 is 1.58 bits per heavy atom. The third-order valence-corrected chi connectivity index (χ3v) is 4.62. The van der Waals surface area contributed by atoms with Crippen LogP contribution in [0.1, 0.15) is 10.6 Å². The van der Waals surface area contributed by atoms with E-state index in [0.29, 0.717) is 31.9 Å². The number of nitrogens with zero attached hydrogens (tertiary/aromatic N) is 2. The molecule has 0 saturated carbocycles. The van der Waals surface area contributed by atoms with Crippen molar-refractivity contribution in [3.8, 4) is 0 Å². The lowest BCUT2D eigenvalue weighted by atomic mass is 10.1. The standard InChI is InChI=1S/C20H19N3O3/c24-19(18-9-4-14-26-18)22-10-12-23(13-11-22)20(25)21-17-8-3-6-15-5-1-2-7-16(15)17/h1-9,14H,10-13H2,(H,21,25). The lowest BCUT2D eigenvalue weighted by Gasteiger charge is -2.34. The molecule has 132 valence electrons. The van der Waals surface area contributed by atoms with Crippen molar-refractivity contribution in [1.29, 1.82) is 0 Å². The molecule has 0 aliphatic carbocycles. The first-order chi connectivity index (χ1) is 12.7. The molecule has 26 heavy (non-hydrogen) atoms. The van der Waals surface area contributed by atoms with E-state index in [9.17, 15) is 9.59 Å². The van der Waals surface area contributed by atoms with Crippen molar-refractivity contribution >= 4 is 28.4 Å². The highest BCUT2D eigenvalue weighted by molar-refractivity contribution is 6.01. The van der Waals surface area contributed by atoms with Gasteiger partial charge in [0.25, 0.3) is 5.91 Å². The Hall–Kier alpha value is -3.28. The molecule has 0 bridgehead atoms. The van der Waals surface area contributed by atoms with Gasteiger partial charge in [0.15, 0.2) is 5.76 Å². The van der Waals surface area contributed by atoms with Crippen LogP contribution in [0.2, 0.25) is 0 Å². The van der Waals surface area contributed by atoms with Gasteiger partial charge in [0.05, 0.1) is 12.0 Å². The molecule has 3 aromatic rings.